The van der Waals surface area contributed by atoms with Gasteiger partial charge in [-0.1, -0.05) is 11.6 Å². The first-order valence-electron chi connectivity index (χ1n) is 7.40. The minimum absolute atomic E-state index is 0.0763. The van der Waals surface area contributed by atoms with Crippen molar-refractivity contribution in [1.82, 2.24) is 25.1 Å². The van der Waals surface area contributed by atoms with Crippen molar-refractivity contribution >= 4 is 39.6 Å². The average molecular weight is 437 g/mol. The van der Waals surface area contributed by atoms with Gasteiger partial charge in [0, 0.05) is 7.05 Å². The van der Waals surface area contributed by atoms with Crippen LogP contribution in [0.1, 0.15) is 0 Å². The number of hydrogen-bond donors (Lipinski definition) is 3. The summed E-state index contributed by atoms with van der Waals surface area (Å²) in [6, 6.07) is 0.171. The topological polar surface area (TPSA) is 161 Å². The third kappa shape index (κ3) is 4.52. The van der Waals surface area contributed by atoms with Crippen molar-refractivity contribution < 1.29 is 32.2 Å². The Morgan fingerprint density at radius 2 is 1.79 bits per heavy atom. The second-order valence-electron chi connectivity index (χ2n) is 5.17. The van der Waals surface area contributed by atoms with E-state index in [1.54, 1.807) is 4.72 Å². The first-order chi connectivity index (χ1) is 13.1. The third-order valence-corrected chi connectivity index (χ3v) is 5.26. The van der Waals surface area contributed by atoms with Crippen molar-refractivity contribution in [1.29, 1.82) is 0 Å². The van der Waals surface area contributed by atoms with E-state index < -0.39 is 27.4 Å². The molecule has 1 aromatic rings. The molecule has 0 fully saturated rings. The van der Waals surface area contributed by atoms with Crippen LogP contribution in [-0.2, 0) is 19.6 Å². The van der Waals surface area contributed by atoms with E-state index >= 15 is 0 Å². The zero-order valence-corrected chi connectivity index (χ0v) is 16.7. The van der Waals surface area contributed by atoms with Gasteiger partial charge >= 0.3 is 12.0 Å². The minimum atomic E-state index is -4.46. The van der Waals surface area contributed by atoms with Gasteiger partial charge in [0.1, 0.15) is 10.7 Å². The summed E-state index contributed by atoms with van der Waals surface area (Å²) in [5.41, 5.74) is 2.08. The molecule has 13 nitrogen and oxygen atoms in total. The van der Waals surface area contributed by atoms with E-state index in [-0.39, 0.29) is 28.4 Å². The van der Waals surface area contributed by atoms with Crippen LogP contribution in [0.5, 0.6) is 11.8 Å². The molecule has 2 heterocycles. The zero-order chi connectivity index (χ0) is 21.1. The lowest BCUT2D eigenvalue weighted by Crippen LogP contribution is -2.49. The minimum Gasteiger partial charge on any atom is -0.481 e. The molecule has 0 radical (unpaired) electrons. The maximum absolute atomic E-state index is 12.6. The summed E-state index contributed by atoms with van der Waals surface area (Å²) >= 11 is 5.87. The Bertz CT molecular complexity index is 900. The largest absolute Gasteiger partial charge is 0.481 e. The van der Waals surface area contributed by atoms with Gasteiger partial charge in [-0.15, -0.1) is 0 Å². The van der Waals surface area contributed by atoms with E-state index in [2.05, 4.69) is 25.4 Å². The number of carbonyl (C=O) groups is 2. The molecule has 1 aromatic heterocycles. The van der Waals surface area contributed by atoms with Crippen LogP contribution >= 0.6 is 11.6 Å². The molecule has 1 aliphatic heterocycles. The Kier molecular flexibility index (Phi) is 6.48. The standard InChI is InChI=1S/C13H17ClN6O7S/c1-20-10(8(9(14)18-20)11(21)27-4)28(23,24)19-13(22)17-12-15-6(25-2)5-7(16-12)26-3/h5,10,18H,1-4H3,(H2,15,16,17,19,22). The molecular formula is C13H17ClN6O7S. The fourth-order valence-corrected chi connectivity index (χ4v) is 4.01. The van der Waals surface area contributed by atoms with Gasteiger partial charge in [-0.3, -0.25) is 5.32 Å². The number of methoxy groups -OCH3 is 3. The number of ether oxygens (including phenoxy) is 3. The van der Waals surface area contributed by atoms with Crippen molar-refractivity contribution in [2.75, 3.05) is 33.7 Å². The zero-order valence-electron chi connectivity index (χ0n) is 15.1. The maximum Gasteiger partial charge on any atom is 0.339 e. The van der Waals surface area contributed by atoms with Crippen LogP contribution in [0.25, 0.3) is 0 Å². The molecule has 0 aliphatic carbocycles. The molecule has 1 atom stereocenters. The van der Waals surface area contributed by atoms with E-state index in [9.17, 15) is 18.0 Å². The predicted octanol–water partition coefficient (Wildman–Crippen LogP) is -0.655. The number of aromatic nitrogens is 2. The van der Waals surface area contributed by atoms with Gasteiger partial charge < -0.3 is 19.6 Å². The van der Waals surface area contributed by atoms with Crippen molar-refractivity contribution in [2.24, 2.45) is 0 Å². The Labute approximate surface area is 165 Å². The summed E-state index contributed by atoms with van der Waals surface area (Å²) in [5, 5.41) is 1.29. The molecule has 28 heavy (non-hydrogen) atoms. The van der Waals surface area contributed by atoms with E-state index in [1.807, 2.05) is 0 Å². The molecule has 0 saturated carbocycles. The molecule has 0 spiro atoms. The van der Waals surface area contributed by atoms with E-state index in [4.69, 9.17) is 21.1 Å². The Morgan fingerprint density at radius 1 is 1.21 bits per heavy atom. The number of esters is 1. The number of hydrogen-bond acceptors (Lipinski definition) is 11. The first-order valence-corrected chi connectivity index (χ1v) is 9.32. The van der Waals surface area contributed by atoms with Gasteiger partial charge in [0.25, 0.3) is 10.0 Å². The number of hydrazine groups is 1. The average Bonchev–Trinajstić information content (AvgIpc) is 2.94. The highest BCUT2D eigenvalue weighted by Crippen LogP contribution is 2.26. The van der Waals surface area contributed by atoms with Crippen LogP contribution in [0.15, 0.2) is 16.8 Å². The summed E-state index contributed by atoms with van der Waals surface area (Å²) in [6.07, 6.45) is 0. The fraction of sp³-hybridized carbons (Fsp3) is 0.385. The van der Waals surface area contributed by atoms with Crippen LogP contribution in [0.4, 0.5) is 10.7 Å². The van der Waals surface area contributed by atoms with Crippen LogP contribution in [0.3, 0.4) is 0 Å². The molecular weight excluding hydrogens is 420 g/mol. The molecule has 0 bridgehead atoms. The fourth-order valence-electron chi connectivity index (χ4n) is 2.22. The quantitative estimate of drug-likeness (QED) is 0.383. The van der Waals surface area contributed by atoms with Gasteiger partial charge in [0.2, 0.25) is 17.7 Å². The molecule has 0 saturated heterocycles. The number of amides is 2. The van der Waals surface area contributed by atoms with Crippen LogP contribution in [-0.4, -0.2) is 69.1 Å². The summed E-state index contributed by atoms with van der Waals surface area (Å²) in [4.78, 5) is 31.7. The number of sulfonamides is 1. The predicted molar refractivity (Wildman–Crippen MR) is 95.8 cm³/mol. The molecule has 154 valence electrons. The number of rotatable bonds is 6. The molecule has 1 aliphatic rings. The number of urea groups is 1. The van der Waals surface area contributed by atoms with Crippen molar-refractivity contribution in [3.63, 3.8) is 0 Å². The second kappa shape index (κ2) is 8.45. The summed E-state index contributed by atoms with van der Waals surface area (Å²) in [6.45, 7) is 0. The SMILES string of the molecule is COC(=O)C1=C(Cl)NN(C)C1S(=O)(=O)NC(=O)Nc1nc(OC)cc(OC)n1. The van der Waals surface area contributed by atoms with E-state index in [1.165, 1.54) is 27.3 Å². The monoisotopic (exact) mass is 436 g/mol. The van der Waals surface area contributed by atoms with Gasteiger partial charge in [-0.25, -0.2) is 27.7 Å². The summed E-state index contributed by atoms with van der Waals surface area (Å²) in [5.74, 6) is -1.10. The number of nitrogens with zero attached hydrogens (tertiary/aromatic N) is 3. The Hall–Kier alpha value is -2.84. The lowest BCUT2D eigenvalue weighted by molar-refractivity contribution is -0.136. The van der Waals surface area contributed by atoms with Crippen molar-refractivity contribution in [3.05, 3.63) is 16.8 Å². The third-order valence-electron chi connectivity index (χ3n) is 3.37. The number of likely N-dealkylation sites (N-methyl/N-ethyl adjacent to an activating group) is 1. The normalized spacial score (nSPS) is 17.0. The summed E-state index contributed by atoms with van der Waals surface area (Å²) < 4.78 is 41.4. The Balaban J connectivity index is 2.22. The highest BCUT2D eigenvalue weighted by Gasteiger charge is 2.44. The molecule has 15 heteroatoms. The lowest BCUT2D eigenvalue weighted by Gasteiger charge is -2.21. The molecule has 1 unspecified atom stereocenters. The number of anilines is 1. The van der Waals surface area contributed by atoms with Gasteiger partial charge in [0.15, 0.2) is 5.37 Å². The van der Waals surface area contributed by atoms with Crippen molar-refractivity contribution in [3.8, 4) is 11.8 Å². The molecule has 0 aromatic carbocycles. The van der Waals surface area contributed by atoms with Crippen LogP contribution in [0, 0.1) is 0 Å². The number of carbonyl (C=O) groups excluding carboxylic acids is 2. The lowest BCUT2D eigenvalue weighted by atomic mass is 10.3. The highest BCUT2D eigenvalue weighted by atomic mass is 35.5. The molecule has 3 N–H and O–H groups in total. The second-order valence-corrected chi connectivity index (χ2v) is 7.29. The van der Waals surface area contributed by atoms with Gasteiger partial charge in [-0.05, 0) is 0 Å². The van der Waals surface area contributed by atoms with Crippen LogP contribution < -0.4 is 24.9 Å². The summed E-state index contributed by atoms with van der Waals surface area (Å²) in [7, 11) is 0.597. The van der Waals surface area contributed by atoms with Gasteiger partial charge in [0.05, 0.1) is 27.4 Å². The Morgan fingerprint density at radius 3 is 2.29 bits per heavy atom. The maximum atomic E-state index is 12.6. The highest BCUT2D eigenvalue weighted by molar-refractivity contribution is 7.90. The molecule has 2 amide bonds. The van der Waals surface area contributed by atoms with Crippen LogP contribution in [0.2, 0.25) is 0 Å². The van der Waals surface area contributed by atoms with Gasteiger partial charge in [-0.2, -0.15) is 9.97 Å². The van der Waals surface area contributed by atoms with E-state index in [0.717, 1.165) is 12.1 Å². The smallest absolute Gasteiger partial charge is 0.339 e. The van der Waals surface area contributed by atoms with E-state index in [0.29, 0.717) is 0 Å². The van der Waals surface area contributed by atoms with Crippen molar-refractivity contribution in [2.45, 2.75) is 5.37 Å². The number of nitrogens with one attached hydrogen (secondary N) is 3. The molecule has 2 rings (SSSR count). The first kappa shape index (κ1) is 21.5. The number of halogens is 1.